The number of methoxy groups -OCH3 is 1. The fourth-order valence-electron chi connectivity index (χ4n) is 2.80. The van der Waals surface area contributed by atoms with Crippen molar-refractivity contribution in [3.63, 3.8) is 0 Å². The molecule has 1 fully saturated rings. The first-order valence-corrected chi connectivity index (χ1v) is 7.98. The number of ether oxygens (including phenoxy) is 1. The van der Waals surface area contributed by atoms with Crippen LogP contribution in [0, 0.1) is 0 Å². The number of carbonyl (C=O) groups excluding carboxylic acids is 2. The lowest BCUT2D eigenvalue weighted by atomic mass is 10.1. The molecule has 1 N–H and O–H groups in total. The standard InChI is InChI=1S/C19H20N2O3/c1-3-13-7-9-14(10-8-13)20-17-12-18(22)21(19(17)23)15-5-4-6-16(11-15)24-2/h4-11,17,20H,3,12H2,1-2H3/t17-/m0/s1. The van der Waals surface area contributed by atoms with E-state index in [1.165, 1.54) is 10.5 Å². The lowest BCUT2D eigenvalue weighted by Crippen LogP contribution is -2.34. The molecular formula is C19H20N2O3. The van der Waals surface area contributed by atoms with Crippen LogP contribution in [0.25, 0.3) is 0 Å². The largest absolute Gasteiger partial charge is 0.497 e. The minimum Gasteiger partial charge on any atom is -0.497 e. The van der Waals surface area contributed by atoms with Crippen LogP contribution in [0.3, 0.4) is 0 Å². The Morgan fingerprint density at radius 3 is 2.58 bits per heavy atom. The van der Waals surface area contributed by atoms with Gasteiger partial charge in [-0.1, -0.05) is 25.1 Å². The van der Waals surface area contributed by atoms with E-state index in [0.29, 0.717) is 11.4 Å². The van der Waals surface area contributed by atoms with Crippen molar-refractivity contribution in [3.05, 3.63) is 54.1 Å². The van der Waals surface area contributed by atoms with Crippen molar-refractivity contribution in [1.29, 1.82) is 0 Å². The Labute approximate surface area is 141 Å². The molecule has 0 aliphatic carbocycles. The predicted octanol–water partition coefficient (Wildman–Crippen LogP) is 3.00. The van der Waals surface area contributed by atoms with E-state index in [1.54, 1.807) is 31.4 Å². The van der Waals surface area contributed by atoms with Crippen molar-refractivity contribution in [2.75, 3.05) is 17.3 Å². The van der Waals surface area contributed by atoms with E-state index < -0.39 is 6.04 Å². The van der Waals surface area contributed by atoms with Crippen LogP contribution in [-0.4, -0.2) is 25.0 Å². The Balaban J connectivity index is 1.77. The van der Waals surface area contributed by atoms with Gasteiger partial charge in [0.25, 0.3) is 5.91 Å². The zero-order chi connectivity index (χ0) is 17.1. The highest BCUT2D eigenvalue weighted by molar-refractivity contribution is 6.23. The number of imide groups is 1. The Morgan fingerprint density at radius 2 is 1.92 bits per heavy atom. The topological polar surface area (TPSA) is 58.6 Å². The molecule has 0 unspecified atom stereocenters. The van der Waals surface area contributed by atoms with Crippen LogP contribution >= 0.6 is 0 Å². The number of benzene rings is 2. The lowest BCUT2D eigenvalue weighted by Gasteiger charge is -2.17. The van der Waals surface area contributed by atoms with Crippen molar-refractivity contribution in [2.45, 2.75) is 25.8 Å². The molecule has 1 atom stereocenters. The number of rotatable bonds is 5. The van der Waals surface area contributed by atoms with Crippen molar-refractivity contribution in [3.8, 4) is 5.75 Å². The molecule has 2 aromatic rings. The highest BCUT2D eigenvalue weighted by Crippen LogP contribution is 2.27. The third kappa shape index (κ3) is 3.11. The third-order valence-electron chi connectivity index (χ3n) is 4.16. The third-order valence-corrected chi connectivity index (χ3v) is 4.16. The molecule has 1 heterocycles. The van der Waals surface area contributed by atoms with Crippen LogP contribution in [0.4, 0.5) is 11.4 Å². The van der Waals surface area contributed by atoms with Crippen LogP contribution in [0.2, 0.25) is 0 Å². The summed E-state index contributed by atoms with van der Waals surface area (Å²) >= 11 is 0. The molecule has 1 aliphatic heterocycles. The summed E-state index contributed by atoms with van der Waals surface area (Å²) in [6.07, 6.45) is 1.11. The first-order valence-electron chi connectivity index (χ1n) is 7.98. The second-order valence-electron chi connectivity index (χ2n) is 5.72. The molecule has 0 radical (unpaired) electrons. The van der Waals surface area contributed by atoms with Gasteiger partial charge in [0, 0.05) is 11.8 Å². The normalized spacial score (nSPS) is 17.2. The number of aryl methyl sites for hydroxylation is 1. The Hall–Kier alpha value is -2.82. The number of anilines is 2. The summed E-state index contributed by atoms with van der Waals surface area (Å²) in [7, 11) is 1.55. The fourth-order valence-corrected chi connectivity index (χ4v) is 2.80. The molecule has 1 aliphatic rings. The maximum Gasteiger partial charge on any atom is 0.256 e. The second-order valence-corrected chi connectivity index (χ2v) is 5.72. The van der Waals surface area contributed by atoms with Crippen LogP contribution in [-0.2, 0) is 16.0 Å². The second kappa shape index (κ2) is 6.74. The monoisotopic (exact) mass is 324 g/mol. The zero-order valence-electron chi connectivity index (χ0n) is 13.8. The number of amides is 2. The van der Waals surface area contributed by atoms with Gasteiger partial charge in [0.2, 0.25) is 5.91 Å². The van der Waals surface area contributed by atoms with Gasteiger partial charge in [0.15, 0.2) is 0 Å². The number of hydrogen-bond donors (Lipinski definition) is 1. The van der Waals surface area contributed by atoms with Crippen LogP contribution in [0.1, 0.15) is 18.9 Å². The average Bonchev–Trinajstić information content (AvgIpc) is 2.89. The minimum atomic E-state index is -0.545. The van der Waals surface area contributed by atoms with Gasteiger partial charge in [-0.15, -0.1) is 0 Å². The van der Waals surface area contributed by atoms with Gasteiger partial charge in [0.1, 0.15) is 11.8 Å². The predicted molar refractivity (Wildman–Crippen MR) is 93.3 cm³/mol. The number of hydrogen-bond acceptors (Lipinski definition) is 4. The van der Waals surface area contributed by atoms with E-state index in [0.717, 1.165) is 12.1 Å². The first kappa shape index (κ1) is 16.1. The molecule has 5 nitrogen and oxygen atoms in total. The summed E-state index contributed by atoms with van der Waals surface area (Å²) in [6.45, 7) is 2.09. The van der Waals surface area contributed by atoms with E-state index in [-0.39, 0.29) is 18.2 Å². The SMILES string of the molecule is CCc1ccc(N[C@H]2CC(=O)N(c3cccc(OC)c3)C2=O)cc1. The van der Waals surface area contributed by atoms with E-state index in [4.69, 9.17) is 4.74 Å². The van der Waals surface area contributed by atoms with Gasteiger partial charge in [-0.05, 0) is 36.2 Å². The van der Waals surface area contributed by atoms with Gasteiger partial charge in [-0.3, -0.25) is 9.59 Å². The number of nitrogens with zero attached hydrogens (tertiary/aromatic N) is 1. The van der Waals surface area contributed by atoms with Crippen molar-refractivity contribution >= 4 is 23.2 Å². The molecule has 2 amide bonds. The Kier molecular flexibility index (Phi) is 4.51. The molecule has 2 aromatic carbocycles. The highest BCUT2D eigenvalue weighted by Gasteiger charge is 2.39. The fraction of sp³-hybridized carbons (Fsp3) is 0.263. The molecule has 3 rings (SSSR count). The summed E-state index contributed by atoms with van der Waals surface area (Å²) in [5.41, 5.74) is 2.60. The maximum atomic E-state index is 12.6. The van der Waals surface area contributed by atoms with Crippen molar-refractivity contribution in [1.82, 2.24) is 0 Å². The van der Waals surface area contributed by atoms with Crippen LogP contribution in [0.5, 0.6) is 5.75 Å². The van der Waals surface area contributed by atoms with E-state index >= 15 is 0 Å². The van der Waals surface area contributed by atoms with Crippen LogP contribution < -0.4 is 15.0 Å². The molecule has 124 valence electrons. The van der Waals surface area contributed by atoms with Gasteiger partial charge >= 0.3 is 0 Å². The van der Waals surface area contributed by atoms with Gasteiger partial charge in [0.05, 0.1) is 19.2 Å². The van der Waals surface area contributed by atoms with Gasteiger partial charge in [-0.2, -0.15) is 0 Å². The summed E-state index contributed by atoms with van der Waals surface area (Å²) in [5.74, 6) is 0.156. The van der Waals surface area contributed by atoms with E-state index in [1.807, 2.05) is 24.3 Å². The maximum absolute atomic E-state index is 12.6. The molecule has 5 heteroatoms. The van der Waals surface area contributed by atoms with Crippen molar-refractivity contribution < 1.29 is 14.3 Å². The quantitative estimate of drug-likeness (QED) is 0.859. The van der Waals surface area contributed by atoms with Gasteiger partial charge < -0.3 is 10.1 Å². The molecule has 0 saturated carbocycles. The average molecular weight is 324 g/mol. The number of nitrogens with one attached hydrogen (secondary N) is 1. The summed E-state index contributed by atoms with van der Waals surface area (Å²) < 4.78 is 5.16. The summed E-state index contributed by atoms with van der Waals surface area (Å²) in [6, 6.07) is 14.3. The zero-order valence-corrected chi connectivity index (χ0v) is 13.8. The van der Waals surface area contributed by atoms with Crippen molar-refractivity contribution in [2.24, 2.45) is 0 Å². The minimum absolute atomic E-state index is 0.144. The molecular weight excluding hydrogens is 304 g/mol. The smallest absolute Gasteiger partial charge is 0.256 e. The molecule has 0 aromatic heterocycles. The summed E-state index contributed by atoms with van der Waals surface area (Å²) in [4.78, 5) is 26.2. The Bertz CT molecular complexity index is 755. The first-order chi connectivity index (χ1) is 11.6. The molecule has 0 bridgehead atoms. The van der Waals surface area contributed by atoms with Gasteiger partial charge in [-0.25, -0.2) is 4.90 Å². The molecule has 1 saturated heterocycles. The van der Waals surface area contributed by atoms with E-state index in [9.17, 15) is 9.59 Å². The number of carbonyl (C=O) groups is 2. The molecule has 0 spiro atoms. The Morgan fingerprint density at radius 1 is 1.17 bits per heavy atom. The van der Waals surface area contributed by atoms with Crippen LogP contribution in [0.15, 0.2) is 48.5 Å². The lowest BCUT2D eigenvalue weighted by molar-refractivity contribution is -0.121. The highest BCUT2D eigenvalue weighted by atomic mass is 16.5. The summed E-state index contributed by atoms with van der Waals surface area (Å²) in [5, 5.41) is 3.16. The molecule has 24 heavy (non-hydrogen) atoms. The van der Waals surface area contributed by atoms with E-state index in [2.05, 4.69) is 12.2 Å².